The first-order valence-corrected chi connectivity index (χ1v) is 5.73. The van der Waals surface area contributed by atoms with Crippen molar-refractivity contribution in [3.63, 3.8) is 0 Å². The van der Waals surface area contributed by atoms with Crippen molar-refractivity contribution < 1.29 is 4.74 Å². The standard InChI is InChI=1S/C11H18N4O/c1-9-13-10(15-5-2-3-6-15)8-11(14-9)16-7-4-12/h8H,2-7,12H2,1H3. The quantitative estimate of drug-likeness (QED) is 0.813. The molecule has 2 heterocycles. The van der Waals surface area contributed by atoms with Crippen LogP contribution in [-0.4, -0.2) is 36.2 Å². The van der Waals surface area contributed by atoms with Crippen LogP contribution in [0.5, 0.6) is 5.88 Å². The Morgan fingerprint density at radius 1 is 1.38 bits per heavy atom. The Hall–Kier alpha value is -1.36. The van der Waals surface area contributed by atoms with Gasteiger partial charge in [0.1, 0.15) is 18.2 Å². The molecule has 0 saturated carbocycles. The molecule has 2 N–H and O–H groups in total. The van der Waals surface area contributed by atoms with Crippen molar-refractivity contribution in [3.05, 3.63) is 11.9 Å². The first-order chi connectivity index (χ1) is 7.79. The van der Waals surface area contributed by atoms with E-state index in [9.17, 15) is 0 Å². The Morgan fingerprint density at radius 2 is 2.12 bits per heavy atom. The second-order valence-electron chi connectivity index (χ2n) is 3.94. The predicted octanol–water partition coefficient (Wildman–Crippen LogP) is 0.723. The summed E-state index contributed by atoms with van der Waals surface area (Å²) in [6, 6.07) is 1.90. The molecule has 1 aliphatic heterocycles. The summed E-state index contributed by atoms with van der Waals surface area (Å²) in [6.45, 7) is 5.03. The molecule has 5 nitrogen and oxygen atoms in total. The second-order valence-corrected chi connectivity index (χ2v) is 3.94. The fourth-order valence-corrected chi connectivity index (χ4v) is 1.87. The van der Waals surface area contributed by atoms with Gasteiger partial charge in [0, 0.05) is 25.7 Å². The van der Waals surface area contributed by atoms with Gasteiger partial charge in [0.2, 0.25) is 5.88 Å². The molecular weight excluding hydrogens is 204 g/mol. The van der Waals surface area contributed by atoms with Gasteiger partial charge in [-0.3, -0.25) is 0 Å². The van der Waals surface area contributed by atoms with Crippen molar-refractivity contribution >= 4 is 5.82 Å². The highest BCUT2D eigenvalue weighted by Crippen LogP contribution is 2.21. The Labute approximate surface area is 95.6 Å². The molecule has 1 aliphatic rings. The molecule has 0 radical (unpaired) electrons. The number of aryl methyl sites for hydroxylation is 1. The third-order valence-corrected chi connectivity index (χ3v) is 2.60. The molecule has 0 aromatic carbocycles. The van der Waals surface area contributed by atoms with E-state index >= 15 is 0 Å². The zero-order chi connectivity index (χ0) is 11.4. The number of nitrogens with two attached hydrogens (primary N) is 1. The molecule has 0 aliphatic carbocycles. The summed E-state index contributed by atoms with van der Waals surface area (Å²) in [6.07, 6.45) is 2.48. The van der Waals surface area contributed by atoms with E-state index in [1.165, 1.54) is 12.8 Å². The summed E-state index contributed by atoms with van der Waals surface area (Å²) in [7, 11) is 0. The molecular formula is C11H18N4O. The number of hydrogen-bond acceptors (Lipinski definition) is 5. The summed E-state index contributed by atoms with van der Waals surface area (Å²) in [5.41, 5.74) is 5.40. The highest BCUT2D eigenvalue weighted by atomic mass is 16.5. The van der Waals surface area contributed by atoms with Crippen LogP contribution in [0.1, 0.15) is 18.7 Å². The van der Waals surface area contributed by atoms with Gasteiger partial charge in [-0.05, 0) is 19.8 Å². The lowest BCUT2D eigenvalue weighted by molar-refractivity contribution is 0.314. The maximum Gasteiger partial charge on any atom is 0.218 e. The summed E-state index contributed by atoms with van der Waals surface area (Å²) >= 11 is 0. The molecule has 88 valence electrons. The largest absolute Gasteiger partial charge is 0.476 e. The monoisotopic (exact) mass is 222 g/mol. The van der Waals surface area contributed by atoms with Crippen LogP contribution in [0, 0.1) is 6.92 Å². The number of hydrogen-bond donors (Lipinski definition) is 1. The van der Waals surface area contributed by atoms with Crippen molar-refractivity contribution in [1.29, 1.82) is 0 Å². The normalized spacial score (nSPS) is 15.5. The van der Waals surface area contributed by atoms with E-state index in [4.69, 9.17) is 10.5 Å². The van der Waals surface area contributed by atoms with Gasteiger partial charge in [0.05, 0.1) is 0 Å². The van der Waals surface area contributed by atoms with Crippen LogP contribution >= 0.6 is 0 Å². The van der Waals surface area contributed by atoms with Crippen molar-refractivity contribution in [2.45, 2.75) is 19.8 Å². The topological polar surface area (TPSA) is 64.3 Å². The molecule has 0 amide bonds. The van der Waals surface area contributed by atoms with Gasteiger partial charge in [-0.15, -0.1) is 0 Å². The maximum atomic E-state index is 5.43. The van der Waals surface area contributed by atoms with Crippen molar-refractivity contribution in [2.24, 2.45) is 5.73 Å². The number of nitrogens with zero attached hydrogens (tertiary/aromatic N) is 3. The molecule has 1 aromatic rings. The van der Waals surface area contributed by atoms with Gasteiger partial charge in [0.25, 0.3) is 0 Å². The molecule has 1 aromatic heterocycles. The molecule has 0 unspecified atom stereocenters. The fourth-order valence-electron chi connectivity index (χ4n) is 1.87. The smallest absolute Gasteiger partial charge is 0.218 e. The third-order valence-electron chi connectivity index (χ3n) is 2.60. The zero-order valence-corrected chi connectivity index (χ0v) is 9.65. The molecule has 0 atom stereocenters. The van der Waals surface area contributed by atoms with E-state index in [2.05, 4.69) is 14.9 Å². The number of ether oxygens (including phenoxy) is 1. The summed E-state index contributed by atoms with van der Waals surface area (Å²) in [4.78, 5) is 10.9. The Bertz CT molecular complexity index is 350. The van der Waals surface area contributed by atoms with Gasteiger partial charge >= 0.3 is 0 Å². The molecule has 2 rings (SSSR count). The lowest BCUT2D eigenvalue weighted by Crippen LogP contribution is -2.20. The minimum Gasteiger partial charge on any atom is -0.476 e. The van der Waals surface area contributed by atoms with Crippen LogP contribution in [0.25, 0.3) is 0 Å². The lowest BCUT2D eigenvalue weighted by Gasteiger charge is -2.17. The van der Waals surface area contributed by atoms with E-state index in [1.807, 2.05) is 13.0 Å². The van der Waals surface area contributed by atoms with E-state index in [0.29, 0.717) is 19.0 Å². The van der Waals surface area contributed by atoms with Gasteiger partial charge in [-0.2, -0.15) is 4.98 Å². The summed E-state index contributed by atoms with van der Waals surface area (Å²) in [5.74, 6) is 2.34. The number of anilines is 1. The molecule has 16 heavy (non-hydrogen) atoms. The maximum absolute atomic E-state index is 5.43. The SMILES string of the molecule is Cc1nc(OCCN)cc(N2CCCC2)n1. The Balaban J connectivity index is 2.14. The first-order valence-electron chi connectivity index (χ1n) is 5.73. The molecule has 0 bridgehead atoms. The highest BCUT2D eigenvalue weighted by molar-refractivity contribution is 5.42. The fraction of sp³-hybridized carbons (Fsp3) is 0.636. The third kappa shape index (κ3) is 2.61. The van der Waals surface area contributed by atoms with Crippen LogP contribution in [0.15, 0.2) is 6.07 Å². The van der Waals surface area contributed by atoms with Crippen LogP contribution in [-0.2, 0) is 0 Å². The minimum atomic E-state index is 0.496. The molecule has 1 saturated heterocycles. The molecule has 0 spiro atoms. The van der Waals surface area contributed by atoms with E-state index in [1.54, 1.807) is 0 Å². The predicted molar refractivity (Wildman–Crippen MR) is 62.8 cm³/mol. The van der Waals surface area contributed by atoms with E-state index in [-0.39, 0.29) is 0 Å². The van der Waals surface area contributed by atoms with Crippen LogP contribution in [0.3, 0.4) is 0 Å². The van der Waals surface area contributed by atoms with Crippen LogP contribution in [0.2, 0.25) is 0 Å². The van der Waals surface area contributed by atoms with Crippen molar-refractivity contribution in [3.8, 4) is 5.88 Å². The molecule has 1 fully saturated rings. The summed E-state index contributed by atoms with van der Waals surface area (Å²) in [5, 5.41) is 0. The lowest BCUT2D eigenvalue weighted by atomic mass is 10.4. The average Bonchev–Trinajstić information content (AvgIpc) is 2.79. The van der Waals surface area contributed by atoms with E-state index in [0.717, 1.165) is 24.7 Å². The Morgan fingerprint density at radius 3 is 2.81 bits per heavy atom. The zero-order valence-electron chi connectivity index (χ0n) is 9.65. The Kier molecular flexibility index (Phi) is 3.56. The van der Waals surface area contributed by atoms with Crippen LogP contribution < -0.4 is 15.4 Å². The second kappa shape index (κ2) is 5.12. The van der Waals surface area contributed by atoms with Crippen LogP contribution in [0.4, 0.5) is 5.82 Å². The number of aromatic nitrogens is 2. The first kappa shape index (κ1) is 11.1. The average molecular weight is 222 g/mol. The minimum absolute atomic E-state index is 0.496. The van der Waals surface area contributed by atoms with Gasteiger partial charge in [-0.1, -0.05) is 0 Å². The van der Waals surface area contributed by atoms with Gasteiger partial charge in [0.15, 0.2) is 0 Å². The van der Waals surface area contributed by atoms with Crippen molar-refractivity contribution in [1.82, 2.24) is 9.97 Å². The van der Waals surface area contributed by atoms with Gasteiger partial charge in [-0.25, -0.2) is 4.98 Å². The van der Waals surface area contributed by atoms with Crippen molar-refractivity contribution in [2.75, 3.05) is 31.1 Å². The van der Waals surface area contributed by atoms with Gasteiger partial charge < -0.3 is 15.4 Å². The molecule has 5 heteroatoms. The highest BCUT2D eigenvalue weighted by Gasteiger charge is 2.15. The number of rotatable bonds is 4. The van der Waals surface area contributed by atoms with E-state index < -0.39 is 0 Å². The summed E-state index contributed by atoms with van der Waals surface area (Å²) < 4.78 is 5.43.